The number of amides is 2. The molecule has 1 aliphatic heterocycles. The van der Waals surface area contributed by atoms with E-state index in [0.29, 0.717) is 5.91 Å². The first-order valence-electron chi connectivity index (χ1n) is 9.64. The van der Waals surface area contributed by atoms with Crippen LogP contribution in [0.1, 0.15) is 51.9 Å². The Morgan fingerprint density at radius 3 is 2.50 bits per heavy atom. The number of nitrogens with one attached hydrogen (secondary N) is 1. The van der Waals surface area contributed by atoms with Gasteiger partial charge in [0.25, 0.3) is 0 Å². The van der Waals surface area contributed by atoms with Gasteiger partial charge < -0.3 is 14.8 Å². The molecule has 2 aliphatic rings. The van der Waals surface area contributed by atoms with Gasteiger partial charge in [-0.2, -0.15) is 0 Å². The van der Waals surface area contributed by atoms with E-state index in [1.807, 2.05) is 23.4 Å². The number of aryl methyl sites for hydroxylation is 1. The van der Waals surface area contributed by atoms with Gasteiger partial charge in [0.1, 0.15) is 6.33 Å². The lowest BCUT2D eigenvalue weighted by Gasteiger charge is -2.35. The molecule has 1 atom stereocenters. The molecule has 3 rings (SSSR count). The van der Waals surface area contributed by atoms with Crippen molar-refractivity contribution in [1.82, 2.24) is 25.0 Å². The van der Waals surface area contributed by atoms with Gasteiger partial charge in [-0.25, -0.2) is 0 Å². The molecule has 7 nitrogen and oxygen atoms in total. The van der Waals surface area contributed by atoms with Crippen LogP contribution in [0.5, 0.6) is 0 Å². The number of hydrogen-bond acceptors (Lipinski definition) is 5. The van der Waals surface area contributed by atoms with Gasteiger partial charge >= 0.3 is 0 Å². The van der Waals surface area contributed by atoms with Crippen molar-refractivity contribution >= 4 is 23.6 Å². The fourth-order valence-electron chi connectivity index (χ4n) is 3.76. The van der Waals surface area contributed by atoms with Crippen LogP contribution < -0.4 is 5.32 Å². The topological polar surface area (TPSA) is 80.1 Å². The third-order valence-corrected chi connectivity index (χ3v) is 6.58. The van der Waals surface area contributed by atoms with E-state index in [2.05, 4.69) is 15.5 Å². The average Bonchev–Trinajstić information content (AvgIpc) is 3.07. The highest BCUT2D eigenvalue weighted by Crippen LogP contribution is 2.27. The highest BCUT2D eigenvalue weighted by Gasteiger charge is 2.30. The zero-order valence-corrected chi connectivity index (χ0v) is 16.5. The summed E-state index contributed by atoms with van der Waals surface area (Å²) < 4.78 is 1.81. The molecule has 1 aromatic heterocycles. The molecule has 1 N–H and O–H groups in total. The summed E-state index contributed by atoms with van der Waals surface area (Å²) in [6.07, 6.45) is 9.04. The second-order valence-corrected chi connectivity index (χ2v) is 8.74. The van der Waals surface area contributed by atoms with E-state index in [1.165, 1.54) is 31.0 Å². The monoisotopic (exact) mass is 379 g/mol. The first kappa shape index (κ1) is 19.2. The summed E-state index contributed by atoms with van der Waals surface area (Å²) in [5, 5.41) is 11.5. The molecule has 0 unspecified atom stereocenters. The number of rotatable bonds is 5. The van der Waals surface area contributed by atoms with Crippen molar-refractivity contribution in [2.24, 2.45) is 13.0 Å². The van der Waals surface area contributed by atoms with Crippen LogP contribution in [0.15, 0.2) is 11.5 Å². The van der Waals surface area contributed by atoms with Crippen LogP contribution in [-0.4, -0.2) is 55.9 Å². The third-order valence-electron chi connectivity index (χ3n) is 5.43. The van der Waals surface area contributed by atoms with Crippen molar-refractivity contribution in [2.45, 2.75) is 68.3 Å². The zero-order chi connectivity index (χ0) is 18.5. The minimum Gasteiger partial charge on any atom is -0.352 e. The predicted molar refractivity (Wildman–Crippen MR) is 101 cm³/mol. The number of nitrogens with zero attached hydrogens (tertiary/aromatic N) is 4. The summed E-state index contributed by atoms with van der Waals surface area (Å²) >= 11 is 1.41. The normalized spacial score (nSPS) is 20.8. The Morgan fingerprint density at radius 2 is 1.88 bits per heavy atom. The molecule has 0 spiro atoms. The second kappa shape index (κ2) is 8.88. The van der Waals surface area contributed by atoms with Crippen molar-refractivity contribution in [3.63, 3.8) is 0 Å². The Hall–Kier alpha value is -1.57. The largest absolute Gasteiger partial charge is 0.352 e. The fourth-order valence-corrected chi connectivity index (χ4v) is 4.56. The van der Waals surface area contributed by atoms with Crippen molar-refractivity contribution < 1.29 is 9.59 Å². The minimum atomic E-state index is -0.222. The number of aromatic nitrogens is 3. The molecule has 0 aromatic carbocycles. The van der Waals surface area contributed by atoms with Gasteiger partial charge in [0.2, 0.25) is 11.8 Å². The SMILES string of the molecule is C[C@@H](Sc1nncn1C)C(=O)NC1CCN(C(=O)C2CCCCC2)CC1. The maximum absolute atomic E-state index is 12.6. The Balaban J connectivity index is 1.42. The van der Waals surface area contributed by atoms with Crippen LogP contribution in [0.3, 0.4) is 0 Å². The molecule has 2 heterocycles. The maximum Gasteiger partial charge on any atom is 0.233 e. The Bertz CT molecular complexity index is 621. The molecule has 0 radical (unpaired) electrons. The Morgan fingerprint density at radius 1 is 1.19 bits per heavy atom. The quantitative estimate of drug-likeness (QED) is 0.792. The number of piperidine rings is 1. The Labute approximate surface area is 159 Å². The van der Waals surface area contributed by atoms with Crippen LogP contribution in [0, 0.1) is 5.92 Å². The second-order valence-electron chi connectivity index (χ2n) is 7.43. The van der Waals surface area contributed by atoms with E-state index >= 15 is 0 Å². The molecular weight excluding hydrogens is 350 g/mol. The van der Waals surface area contributed by atoms with Crippen LogP contribution >= 0.6 is 11.8 Å². The molecule has 26 heavy (non-hydrogen) atoms. The van der Waals surface area contributed by atoms with Crippen molar-refractivity contribution in [1.29, 1.82) is 0 Å². The van der Waals surface area contributed by atoms with Gasteiger partial charge in [0.15, 0.2) is 5.16 Å². The first-order chi connectivity index (χ1) is 12.5. The lowest BCUT2D eigenvalue weighted by molar-refractivity contribution is -0.137. The van der Waals surface area contributed by atoms with Gasteiger partial charge in [-0.05, 0) is 32.6 Å². The molecule has 1 aromatic rings. The van der Waals surface area contributed by atoms with Gasteiger partial charge in [0, 0.05) is 32.1 Å². The number of carbonyl (C=O) groups is 2. The van der Waals surface area contributed by atoms with Gasteiger partial charge in [-0.1, -0.05) is 31.0 Å². The molecule has 1 aliphatic carbocycles. The number of likely N-dealkylation sites (tertiary alicyclic amines) is 1. The van der Waals surface area contributed by atoms with Gasteiger partial charge in [-0.3, -0.25) is 9.59 Å². The summed E-state index contributed by atoms with van der Waals surface area (Å²) in [6.45, 7) is 3.40. The number of thioether (sulfide) groups is 1. The van der Waals surface area contributed by atoms with E-state index in [9.17, 15) is 9.59 Å². The van der Waals surface area contributed by atoms with E-state index in [-0.39, 0.29) is 23.1 Å². The van der Waals surface area contributed by atoms with Crippen LogP contribution in [-0.2, 0) is 16.6 Å². The molecular formula is C18H29N5O2S. The third kappa shape index (κ3) is 4.78. The van der Waals surface area contributed by atoms with E-state index in [1.54, 1.807) is 6.33 Å². The Kier molecular flexibility index (Phi) is 6.56. The van der Waals surface area contributed by atoms with Crippen LogP contribution in [0.2, 0.25) is 0 Å². The fraction of sp³-hybridized carbons (Fsp3) is 0.778. The molecule has 0 bridgehead atoms. The lowest BCUT2D eigenvalue weighted by Crippen LogP contribution is -2.49. The number of carbonyl (C=O) groups excluding carboxylic acids is 2. The molecule has 1 saturated carbocycles. The molecule has 2 fully saturated rings. The van der Waals surface area contributed by atoms with E-state index in [0.717, 1.165) is 43.9 Å². The van der Waals surface area contributed by atoms with Gasteiger partial charge in [-0.15, -0.1) is 10.2 Å². The van der Waals surface area contributed by atoms with Crippen LogP contribution in [0.4, 0.5) is 0 Å². The maximum atomic E-state index is 12.6. The first-order valence-corrected chi connectivity index (χ1v) is 10.5. The summed E-state index contributed by atoms with van der Waals surface area (Å²) in [7, 11) is 1.87. The summed E-state index contributed by atoms with van der Waals surface area (Å²) in [5.41, 5.74) is 0. The van der Waals surface area contributed by atoms with Crippen molar-refractivity contribution in [2.75, 3.05) is 13.1 Å². The van der Waals surface area contributed by atoms with E-state index < -0.39 is 0 Å². The van der Waals surface area contributed by atoms with Crippen molar-refractivity contribution in [3.05, 3.63) is 6.33 Å². The molecule has 1 saturated heterocycles. The van der Waals surface area contributed by atoms with E-state index in [4.69, 9.17) is 0 Å². The van der Waals surface area contributed by atoms with Gasteiger partial charge in [0.05, 0.1) is 5.25 Å². The standard InChI is InChI=1S/C18H29N5O2S/c1-13(26-18-21-19-12-22(18)2)16(24)20-15-8-10-23(11-9-15)17(25)14-6-4-3-5-7-14/h12-15H,3-11H2,1-2H3,(H,20,24)/t13-/m1/s1. The smallest absolute Gasteiger partial charge is 0.233 e. The molecule has 144 valence electrons. The average molecular weight is 380 g/mol. The highest BCUT2D eigenvalue weighted by molar-refractivity contribution is 8.00. The number of hydrogen-bond donors (Lipinski definition) is 1. The van der Waals surface area contributed by atoms with Crippen LogP contribution in [0.25, 0.3) is 0 Å². The van der Waals surface area contributed by atoms with Crippen molar-refractivity contribution in [3.8, 4) is 0 Å². The summed E-state index contributed by atoms with van der Waals surface area (Å²) in [4.78, 5) is 27.1. The minimum absolute atomic E-state index is 0.0232. The zero-order valence-electron chi connectivity index (χ0n) is 15.7. The predicted octanol–water partition coefficient (Wildman–Crippen LogP) is 1.98. The molecule has 8 heteroatoms. The summed E-state index contributed by atoms with van der Waals surface area (Å²) in [5.74, 6) is 0.591. The lowest BCUT2D eigenvalue weighted by atomic mass is 9.87. The summed E-state index contributed by atoms with van der Waals surface area (Å²) in [6, 6.07) is 0.153. The molecule has 2 amide bonds. The highest BCUT2D eigenvalue weighted by atomic mass is 32.2.